The third-order valence-corrected chi connectivity index (χ3v) is 3.38. The Morgan fingerprint density at radius 3 is 3.00 bits per heavy atom. The first-order chi connectivity index (χ1) is 8.72. The molecule has 0 atom stereocenters. The molecule has 5 nitrogen and oxygen atoms in total. The molecule has 0 saturated carbocycles. The summed E-state index contributed by atoms with van der Waals surface area (Å²) in [5.74, 6) is 0.735. The van der Waals surface area contributed by atoms with Crippen molar-refractivity contribution in [3.8, 4) is 5.75 Å². The molecule has 1 amide bonds. The minimum absolute atomic E-state index is 0. The second-order valence-electron chi connectivity index (χ2n) is 3.79. The van der Waals surface area contributed by atoms with Crippen molar-refractivity contribution in [1.29, 1.82) is 0 Å². The van der Waals surface area contributed by atoms with Gasteiger partial charge in [0.1, 0.15) is 5.75 Å². The summed E-state index contributed by atoms with van der Waals surface area (Å²) in [7, 11) is 1.62. The maximum absolute atomic E-state index is 11.5. The van der Waals surface area contributed by atoms with Crippen LogP contribution in [0.3, 0.4) is 0 Å². The van der Waals surface area contributed by atoms with Crippen LogP contribution in [0.15, 0.2) is 18.2 Å². The summed E-state index contributed by atoms with van der Waals surface area (Å²) in [4.78, 5) is 15.9. The Kier molecular flexibility index (Phi) is 6.01. The van der Waals surface area contributed by atoms with Crippen molar-refractivity contribution in [2.45, 2.75) is 12.8 Å². The van der Waals surface area contributed by atoms with Crippen molar-refractivity contribution in [1.82, 2.24) is 4.98 Å². The van der Waals surface area contributed by atoms with Crippen molar-refractivity contribution in [3.05, 3.63) is 18.2 Å². The van der Waals surface area contributed by atoms with Gasteiger partial charge in [0.05, 0.1) is 17.3 Å². The maximum atomic E-state index is 11.5. The summed E-state index contributed by atoms with van der Waals surface area (Å²) < 4.78 is 6.13. The number of anilines is 1. The van der Waals surface area contributed by atoms with Gasteiger partial charge in [-0.25, -0.2) is 4.98 Å². The molecule has 0 unspecified atom stereocenters. The first kappa shape index (κ1) is 15.7. The number of carbonyl (C=O) groups excluding carboxylic acids is 1. The number of fused-ring (bicyclic) bond motifs is 1. The molecule has 0 aliphatic heterocycles. The molecule has 0 aliphatic rings. The maximum Gasteiger partial charge on any atom is 0.226 e. The highest BCUT2D eigenvalue weighted by Crippen LogP contribution is 2.29. The van der Waals surface area contributed by atoms with Crippen LogP contribution in [-0.2, 0) is 4.79 Å². The van der Waals surface area contributed by atoms with Crippen LogP contribution in [-0.4, -0.2) is 24.5 Å². The Morgan fingerprint density at radius 1 is 1.53 bits per heavy atom. The van der Waals surface area contributed by atoms with Crippen molar-refractivity contribution >= 4 is 45.0 Å². The zero-order valence-electron chi connectivity index (χ0n) is 10.5. The standard InChI is InChI=1S/C12H15N3O2S.ClH/c1-17-8-4-5-9-10(7-8)18-12(14-9)15-11(16)3-2-6-13;/h4-5,7H,2-3,6,13H2,1H3,(H,14,15,16);1H. The second kappa shape index (κ2) is 7.28. The van der Waals surface area contributed by atoms with Crippen LogP contribution in [0.1, 0.15) is 12.8 Å². The number of nitrogens with one attached hydrogen (secondary N) is 1. The summed E-state index contributed by atoms with van der Waals surface area (Å²) in [6, 6.07) is 5.63. The molecule has 0 aliphatic carbocycles. The fraction of sp³-hybridized carbons (Fsp3) is 0.333. The van der Waals surface area contributed by atoms with Crippen LogP contribution in [0.25, 0.3) is 10.2 Å². The summed E-state index contributed by atoms with van der Waals surface area (Å²) in [6.45, 7) is 0.518. The summed E-state index contributed by atoms with van der Waals surface area (Å²) >= 11 is 1.43. The monoisotopic (exact) mass is 301 g/mol. The summed E-state index contributed by atoms with van der Waals surface area (Å²) in [6.07, 6.45) is 1.11. The number of thiazole rings is 1. The van der Waals surface area contributed by atoms with Crippen molar-refractivity contribution in [2.24, 2.45) is 5.73 Å². The number of methoxy groups -OCH3 is 1. The van der Waals surface area contributed by atoms with E-state index in [1.165, 1.54) is 11.3 Å². The largest absolute Gasteiger partial charge is 0.497 e. The van der Waals surface area contributed by atoms with Gasteiger partial charge < -0.3 is 15.8 Å². The fourth-order valence-electron chi connectivity index (χ4n) is 1.53. The molecule has 0 fully saturated rings. The Balaban J connectivity index is 0.00000180. The number of rotatable bonds is 5. The molecule has 3 N–H and O–H groups in total. The molecule has 19 heavy (non-hydrogen) atoms. The van der Waals surface area contributed by atoms with E-state index in [0.717, 1.165) is 16.0 Å². The molecular weight excluding hydrogens is 286 g/mol. The lowest BCUT2D eigenvalue weighted by molar-refractivity contribution is -0.116. The van der Waals surface area contributed by atoms with Gasteiger partial charge in [0.25, 0.3) is 0 Å². The molecule has 0 radical (unpaired) electrons. The molecule has 2 aromatic rings. The first-order valence-electron chi connectivity index (χ1n) is 5.67. The highest BCUT2D eigenvalue weighted by Gasteiger charge is 2.08. The van der Waals surface area contributed by atoms with Crippen LogP contribution >= 0.6 is 23.7 Å². The number of nitrogens with two attached hydrogens (primary N) is 1. The molecule has 1 aromatic heterocycles. The van der Waals surface area contributed by atoms with Gasteiger partial charge in [-0.15, -0.1) is 12.4 Å². The topological polar surface area (TPSA) is 77.2 Å². The quantitative estimate of drug-likeness (QED) is 0.889. The van der Waals surface area contributed by atoms with Crippen LogP contribution in [0.2, 0.25) is 0 Å². The third kappa shape index (κ3) is 4.05. The molecule has 7 heteroatoms. The Hall–Kier alpha value is -1.37. The first-order valence-corrected chi connectivity index (χ1v) is 6.49. The van der Waals surface area contributed by atoms with Gasteiger partial charge in [0.2, 0.25) is 5.91 Å². The number of hydrogen-bond acceptors (Lipinski definition) is 5. The molecular formula is C12H16ClN3O2S. The van der Waals surface area contributed by atoms with Crippen LogP contribution in [0.5, 0.6) is 5.75 Å². The fourth-order valence-corrected chi connectivity index (χ4v) is 2.44. The number of carbonyl (C=O) groups is 1. The highest BCUT2D eigenvalue weighted by molar-refractivity contribution is 7.22. The minimum Gasteiger partial charge on any atom is -0.497 e. The Morgan fingerprint density at radius 2 is 2.32 bits per heavy atom. The van der Waals surface area contributed by atoms with Crippen LogP contribution < -0.4 is 15.8 Å². The average Bonchev–Trinajstić information content (AvgIpc) is 2.77. The minimum atomic E-state index is -0.0496. The van der Waals surface area contributed by atoms with Crippen molar-refractivity contribution in [3.63, 3.8) is 0 Å². The van der Waals surface area contributed by atoms with E-state index >= 15 is 0 Å². The zero-order valence-corrected chi connectivity index (χ0v) is 12.1. The van der Waals surface area contributed by atoms with E-state index in [4.69, 9.17) is 10.5 Å². The van der Waals surface area contributed by atoms with Gasteiger partial charge in [-0.05, 0) is 31.2 Å². The second-order valence-corrected chi connectivity index (χ2v) is 4.82. The molecule has 0 spiro atoms. The van der Waals surface area contributed by atoms with E-state index in [0.29, 0.717) is 24.5 Å². The molecule has 1 heterocycles. The lowest BCUT2D eigenvalue weighted by Crippen LogP contribution is -2.13. The molecule has 0 saturated heterocycles. The molecule has 1 aromatic carbocycles. The summed E-state index contributed by atoms with van der Waals surface area (Å²) in [5, 5.41) is 3.39. The molecule has 2 rings (SSSR count). The van der Waals surface area contributed by atoms with Crippen LogP contribution in [0.4, 0.5) is 5.13 Å². The average molecular weight is 302 g/mol. The predicted molar refractivity (Wildman–Crippen MR) is 80.3 cm³/mol. The zero-order chi connectivity index (χ0) is 13.0. The van der Waals surface area contributed by atoms with Gasteiger partial charge >= 0.3 is 0 Å². The smallest absolute Gasteiger partial charge is 0.226 e. The van der Waals surface area contributed by atoms with E-state index in [9.17, 15) is 4.79 Å². The van der Waals surface area contributed by atoms with Crippen molar-refractivity contribution < 1.29 is 9.53 Å². The number of amides is 1. The van der Waals surface area contributed by atoms with E-state index in [1.54, 1.807) is 7.11 Å². The van der Waals surface area contributed by atoms with Gasteiger partial charge in [-0.2, -0.15) is 0 Å². The van der Waals surface area contributed by atoms with Crippen molar-refractivity contribution in [2.75, 3.05) is 19.0 Å². The number of hydrogen-bond donors (Lipinski definition) is 2. The Labute approximate surface area is 121 Å². The van der Waals surface area contributed by atoms with Gasteiger partial charge in [0.15, 0.2) is 5.13 Å². The van der Waals surface area contributed by atoms with E-state index in [-0.39, 0.29) is 18.3 Å². The highest BCUT2D eigenvalue weighted by atomic mass is 35.5. The third-order valence-electron chi connectivity index (χ3n) is 2.45. The number of nitrogens with zero attached hydrogens (tertiary/aromatic N) is 1. The Bertz CT molecular complexity index is 559. The van der Waals surface area contributed by atoms with Crippen LogP contribution in [0, 0.1) is 0 Å². The normalized spacial score (nSPS) is 10.0. The van der Waals surface area contributed by atoms with Gasteiger partial charge in [-0.3, -0.25) is 4.79 Å². The van der Waals surface area contributed by atoms with E-state index in [1.807, 2.05) is 18.2 Å². The van der Waals surface area contributed by atoms with Gasteiger partial charge in [-0.1, -0.05) is 11.3 Å². The molecule has 0 bridgehead atoms. The number of benzene rings is 1. The number of aromatic nitrogens is 1. The predicted octanol–water partition coefficient (Wildman–Crippen LogP) is 2.40. The SMILES string of the molecule is COc1ccc2nc(NC(=O)CCCN)sc2c1.Cl. The summed E-state index contributed by atoms with van der Waals surface area (Å²) in [5.41, 5.74) is 6.21. The lowest BCUT2D eigenvalue weighted by Gasteiger charge is -1.98. The lowest BCUT2D eigenvalue weighted by atomic mass is 10.3. The van der Waals surface area contributed by atoms with E-state index < -0.39 is 0 Å². The van der Waals surface area contributed by atoms with Gasteiger partial charge in [0, 0.05) is 6.42 Å². The number of halogens is 1. The number of ether oxygens (including phenoxy) is 1. The van der Waals surface area contributed by atoms with E-state index in [2.05, 4.69) is 10.3 Å². The molecule has 104 valence electrons.